The SMILES string of the molecule is Cc1ccsc1C(=CCCN1CCC[C@@H](C(=O)O)C1)c1sccc1C.Cc1ccsc1C(=CCCN1CCC[C@@H](C(=O)Oc2ccc(NC(=O)CCN=[N+]=[N-])cc2)C1)c1sccc1C.[2H]CF.[N-]=[N+]=NCCC(=O)Nc1ccc(O)cc1. The lowest BCUT2D eigenvalue weighted by Crippen LogP contribution is -2.40. The van der Waals surface area contributed by atoms with Gasteiger partial charge >= 0.3 is 11.9 Å². The fourth-order valence-corrected chi connectivity index (χ4v) is 13.1. The Morgan fingerprint density at radius 3 is 1.42 bits per heavy atom. The van der Waals surface area contributed by atoms with Crippen LogP contribution in [0.5, 0.6) is 11.5 Å². The lowest BCUT2D eigenvalue weighted by Gasteiger charge is -2.31. The van der Waals surface area contributed by atoms with E-state index in [2.05, 4.69) is 126 Å². The molecule has 6 heterocycles. The number of carbonyl (C=O) groups excluding carboxylic acids is 3. The van der Waals surface area contributed by atoms with Crippen LogP contribution in [0.15, 0.2) is 117 Å². The largest absolute Gasteiger partial charge is 0.508 e. The smallest absolute Gasteiger partial charge is 0.315 e. The molecule has 2 aliphatic rings. The van der Waals surface area contributed by atoms with Crippen LogP contribution in [0.3, 0.4) is 0 Å². The molecule has 0 bridgehead atoms. The molecule has 430 valence electrons. The molecule has 17 nitrogen and oxygen atoms in total. The lowest BCUT2D eigenvalue weighted by molar-refractivity contribution is -0.143. The van der Waals surface area contributed by atoms with Crippen molar-refractivity contribution in [2.45, 2.75) is 79.1 Å². The number of hydrogen-bond acceptors (Lipinski definition) is 14. The highest BCUT2D eigenvalue weighted by molar-refractivity contribution is 7.14. The van der Waals surface area contributed by atoms with Gasteiger partial charge in [-0.1, -0.05) is 22.4 Å². The van der Waals surface area contributed by atoms with Gasteiger partial charge in [-0.25, -0.2) is 0 Å². The predicted molar refractivity (Wildman–Crippen MR) is 327 cm³/mol. The first-order valence-corrected chi connectivity index (χ1v) is 30.0. The molecular weight excluding hydrogens is 1110 g/mol. The summed E-state index contributed by atoms with van der Waals surface area (Å²) in [6.45, 7) is 14.1. The number of alkyl halides is 1. The molecule has 4 N–H and O–H groups in total. The number of azide groups is 2. The van der Waals surface area contributed by atoms with Crippen LogP contribution in [-0.2, 0) is 19.2 Å². The first kappa shape index (κ1) is 63.1. The van der Waals surface area contributed by atoms with Gasteiger partial charge < -0.3 is 35.4 Å². The van der Waals surface area contributed by atoms with Crippen molar-refractivity contribution < 1.29 is 39.9 Å². The van der Waals surface area contributed by atoms with Gasteiger partial charge in [0.2, 0.25) is 11.8 Å². The number of carbonyl (C=O) groups is 4. The fourth-order valence-electron chi connectivity index (χ4n) is 9.06. The number of phenolic OH excluding ortho intramolecular Hbond substituents is 1. The lowest BCUT2D eigenvalue weighted by atomic mass is 9.98. The van der Waals surface area contributed by atoms with E-state index in [1.165, 1.54) is 65.0 Å². The molecule has 6 aromatic rings. The van der Waals surface area contributed by atoms with E-state index >= 15 is 0 Å². The molecule has 0 aliphatic carbocycles. The van der Waals surface area contributed by atoms with Crippen molar-refractivity contribution in [1.82, 2.24) is 9.80 Å². The van der Waals surface area contributed by atoms with Gasteiger partial charge in [-0.3, -0.25) is 23.6 Å². The topological polar surface area (TPSA) is 246 Å². The molecule has 2 atom stereocenters. The zero-order valence-corrected chi connectivity index (χ0v) is 49.4. The van der Waals surface area contributed by atoms with Crippen LogP contribution in [0, 0.1) is 39.5 Å². The summed E-state index contributed by atoms with van der Waals surface area (Å²) in [5.74, 6) is -1.11. The Morgan fingerprint density at radius 1 is 0.667 bits per heavy atom. The third-order valence-corrected chi connectivity index (χ3v) is 17.4. The first-order valence-electron chi connectivity index (χ1n) is 27.2. The Bertz CT molecular complexity index is 3060. The van der Waals surface area contributed by atoms with Gasteiger partial charge in [-0.2, -0.15) is 0 Å². The second-order valence-corrected chi connectivity index (χ2v) is 22.8. The number of aliphatic carboxylic acids is 1. The van der Waals surface area contributed by atoms with E-state index < -0.39 is 13.1 Å². The molecule has 2 fully saturated rings. The van der Waals surface area contributed by atoms with Gasteiger partial charge in [-0.15, -0.1) is 45.3 Å². The highest BCUT2D eigenvalue weighted by Crippen LogP contribution is 2.37. The normalized spacial score (nSPS) is 14.9. The van der Waals surface area contributed by atoms with Gasteiger partial charge in [-0.05, 0) is 207 Å². The number of esters is 1. The van der Waals surface area contributed by atoms with Crippen molar-refractivity contribution in [3.8, 4) is 11.5 Å². The van der Waals surface area contributed by atoms with E-state index in [4.69, 9.17) is 22.3 Å². The number of hydrogen-bond donors (Lipinski definition) is 4. The Balaban J connectivity index is 0.000000244. The minimum atomic E-state index is -1.00. The van der Waals surface area contributed by atoms with Crippen molar-refractivity contribution >= 4 is 91.6 Å². The molecule has 0 spiro atoms. The van der Waals surface area contributed by atoms with E-state index in [-0.39, 0.29) is 61.3 Å². The molecule has 0 saturated carbocycles. The Hall–Kier alpha value is -7.13. The molecule has 0 radical (unpaired) electrons. The maximum absolute atomic E-state index is 12.9. The van der Waals surface area contributed by atoms with Crippen LogP contribution < -0.4 is 15.4 Å². The molecule has 2 amide bonds. The van der Waals surface area contributed by atoms with Gasteiger partial charge in [0.05, 0.1) is 20.4 Å². The Kier molecular flexibility index (Phi) is 27.2. The second kappa shape index (κ2) is 34.9. The fraction of sp³-hybridized carbons (Fsp3) is 0.390. The number of halogens is 1. The van der Waals surface area contributed by atoms with Crippen LogP contribution in [-0.4, -0.2) is 103 Å². The summed E-state index contributed by atoms with van der Waals surface area (Å²) in [6, 6.07) is 21.6. The number of phenols is 1. The van der Waals surface area contributed by atoms with E-state index in [0.717, 1.165) is 64.7 Å². The minimum absolute atomic E-state index is 0.108. The highest BCUT2D eigenvalue weighted by Gasteiger charge is 2.28. The van der Waals surface area contributed by atoms with Crippen molar-refractivity contribution in [1.29, 1.82) is 0 Å². The van der Waals surface area contributed by atoms with E-state index in [9.17, 15) is 28.7 Å². The molecular formula is C59H71FN10O7S4. The Labute approximate surface area is 490 Å². The molecule has 2 saturated heterocycles. The molecule has 4 aromatic heterocycles. The van der Waals surface area contributed by atoms with Crippen LogP contribution in [0.2, 0.25) is 0 Å². The maximum Gasteiger partial charge on any atom is 0.315 e. The van der Waals surface area contributed by atoms with Crippen LogP contribution in [0.25, 0.3) is 32.0 Å². The van der Waals surface area contributed by atoms with Gasteiger partial charge in [0.25, 0.3) is 0 Å². The molecule has 2 aliphatic heterocycles. The Morgan fingerprint density at radius 2 is 1.05 bits per heavy atom. The van der Waals surface area contributed by atoms with Crippen LogP contribution in [0.4, 0.5) is 15.8 Å². The summed E-state index contributed by atoms with van der Waals surface area (Å²) < 4.78 is 21.2. The zero-order valence-electron chi connectivity index (χ0n) is 47.1. The van der Waals surface area contributed by atoms with Crippen molar-refractivity contribution in [2.24, 2.45) is 22.1 Å². The number of rotatable bonds is 21. The molecule has 2 aromatic carbocycles. The predicted octanol–water partition coefficient (Wildman–Crippen LogP) is 14.9. The second-order valence-electron chi connectivity index (χ2n) is 19.2. The van der Waals surface area contributed by atoms with E-state index in [1.54, 1.807) is 81.7 Å². The number of ether oxygens (including phenoxy) is 1. The highest BCUT2D eigenvalue weighted by atomic mass is 32.1. The average Bonchev–Trinajstić information content (AvgIpc) is 4.51. The first-order chi connectivity index (χ1) is 39.6. The number of carboxylic acids is 1. The minimum Gasteiger partial charge on any atom is -0.508 e. The van der Waals surface area contributed by atoms with Crippen molar-refractivity contribution in [3.05, 3.63) is 169 Å². The maximum atomic E-state index is 12.9. The molecule has 8 rings (SSSR count). The average molecular weight is 1180 g/mol. The standard InChI is InChI=1S/C29H33N5O3S2.C20H25NO2S2.C9H10N4O2.CH3F/c1-20-12-17-38-27(20)25(28-21(2)13-18-39-28)6-4-16-34-15-3-5-22(19-34)29(36)37-24-9-7-23(8-10-24)32-26(35)11-14-31-33-30;1-14-7-11-24-18(14)17(19-15(2)8-12-25-19)6-4-10-21-9-3-5-16(13-21)20(22)23;10-13-11-6-5-9(15)12-7-1-3-8(14)4-2-7;1-2/h6-10,12-13,17-18,22H,3-5,11,14-16,19H2,1-2H3,(H,32,35);6-8,11-12,16H,3-5,9-10,13H2,1-2H3,(H,22,23);1-4,14H,5-6H2,(H,12,15);1H3/t22-;16-;;/m11../s1/i;;;1D. The third kappa shape index (κ3) is 21.4. The summed E-state index contributed by atoms with van der Waals surface area (Å²) >= 11 is 7.19. The quantitative estimate of drug-likeness (QED) is 0.0133. The summed E-state index contributed by atoms with van der Waals surface area (Å²) in [6.07, 6.45) is 10.4. The van der Waals surface area contributed by atoms with Gasteiger partial charge in [0, 0.05) is 104 Å². The summed E-state index contributed by atoms with van der Waals surface area (Å²) in [7, 11) is -1.00. The number of thiophene rings is 4. The van der Waals surface area contributed by atoms with Crippen LogP contribution in [0.1, 0.15) is 94.5 Å². The van der Waals surface area contributed by atoms with E-state index in [0.29, 0.717) is 30.2 Å². The van der Waals surface area contributed by atoms with Crippen molar-refractivity contribution in [2.75, 3.05) is 70.1 Å². The van der Waals surface area contributed by atoms with E-state index in [1.807, 2.05) is 0 Å². The molecule has 0 unspecified atom stereocenters. The summed E-state index contributed by atoms with van der Waals surface area (Å²) in [5, 5.41) is 38.8. The number of carboxylic acid groups (broad SMARTS) is 1. The number of benzene rings is 2. The summed E-state index contributed by atoms with van der Waals surface area (Å²) in [4.78, 5) is 62.4. The third-order valence-electron chi connectivity index (χ3n) is 13.2. The number of likely N-dealkylation sites (tertiary alicyclic amines) is 2. The number of anilines is 2. The summed E-state index contributed by atoms with van der Waals surface area (Å²) in [5.41, 5.74) is 25.4. The number of nitrogens with zero attached hydrogens (tertiary/aromatic N) is 8. The monoisotopic (exact) mass is 1180 g/mol. The van der Waals surface area contributed by atoms with Crippen LogP contribution >= 0.6 is 45.3 Å². The van der Waals surface area contributed by atoms with Gasteiger partial charge in [0.1, 0.15) is 11.5 Å². The zero-order chi connectivity index (χ0) is 59.2. The molecule has 81 heavy (non-hydrogen) atoms. The van der Waals surface area contributed by atoms with Crippen molar-refractivity contribution in [3.63, 3.8) is 0 Å². The number of amides is 2. The molecule has 22 heteroatoms. The number of aryl methyl sites for hydroxylation is 4. The number of aromatic hydroxyl groups is 1. The number of nitrogens with one attached hydrogen (secondary N) is 2. The van der Waals surface area contributed by atoms with Gasteiger partial charge in [0.15, 0.2) is 0 Å². The number of piperidine rings is 2.